The molecule has 8 nitrogen and oxygen atoms in total. The molecule has 0 aliphatic heterocycles. The van der Waals surface area contributed by atoms with Crippen LogP contribution in [0.15, 0.2) is 303 Å². The van der Waals surface area contributed by atoms with Gasteiger partial charge in [0.1, 0.15) is 11.6 Å². The Morgan fingerprint density at radius 1 is 0.213 bits per heavy atom. The molecule has 0 aliphatic rings. The standard InChI is InChI=1S/C86H50N8/c87-51-53-18-17-19-54(46-53)59-40-45-85(93-81-41-36-55(89-73-28-9-1-20-60(73)61-21-2-10-29-74(61)89)47-68(81)69-48-56(37-42-82(69)93)90-75-30-11-3-22-62(75)63-23-4-12-31-76(63)90)72(52-88)86(59)94-83-43-38-57(91-77-32-13-5-24-64(77)65-25-6-14-33-78(65)91)49-70(83)71-50-58(39-44-84(71)94)92-79-34-15-7-26-66(79)67-27-8-16-35-80(67)92/h1-50H. The fourth-order valence-electron chi connectivity index (χ4n) is 16.0. The van der Waals surface area contributed by atoms with Crippen LogP contribution in [-0.2, 0) is 0 Å². The largest absolute Gasteiger partial charge is 0.309 e. The van der Waals surface area contributed by atoms with Gasteiger partial charge in [-0.25, -0.2) is 0 Å². The van der Waals surface area contributed by atoms with Gasteiger partial charge in [0.25, 0.3) is 0 Å². The summed E-state index contributed by atoms with van der Waals surface area (Å²) in [5.41, 5.74) is 20.9. The van der Waals surface area contributed by atoms with Crippen LogP contribution in [0.2, 0.25) is 0 Å². The molecule has 6 heterocycles. The zero-order valence-corrected chi connectivity index (χ0v) is 50.4. The van der Waals surface area contributed by atoms with Gasteiger partial charge in [-0.1, -0.05) is 164 Å². The minimum Gasteiger partial charge on any atom is -0.309 e. The minimum atomic E-state index is 0.480. The van der Waals surface area contributed by atoms with Crippen molar-refractivity contribution < 1.29 is 0 Å². The van der Waals surface area contributed by atoms with Gasteiger partial charge in [-0.15, -0.1) is 0 Å². The van der Waals surface area contributed by atoms with Crippen molar-refractivity contribution in [1.82, 2.24) is 27.4 Å². The van der Waals surface area contributed by atoms with Crippen LogP contribution >= 0.6 is 0 Å². The van der Waals surface area contributed by atoms with Gasteiger partial charge in [-0.05, 0) is 145 Å². The third-order valence-corrected chi connectivity index (χ3v) is 19.9. The Kier molecular flexibility index (Phi) is 10.8. The van der Waals surface area contributed by atoms with Crippen molar-refractivity contribution in [3.05, 3.63) is 314 Å². The van der Waals surface area contributed by atoms with E-state index >= 15 is 0 Å². The van der Waals surface area contributed by atoms with E-state index in [1.807, 2.05) is 18.2 Å². The molecule has 14 aromatic carbocycles. The number of para-hydroxylation sites is 8. The Bertz CT molecular complexity index is 6220. The monoisotopic (exact) mass is 1190 g/mol. The Hall–Kier alpha value is -13.1. The van der Waals surface area contributed by atoms with Gasteiger partial charge in [0.15, 0.2) is 0 Å². The van der Waals surface area contributed by atoms with Gasteiger partial charge < -0.3 is 27.4 Å². The molecule has 0 unspecified atom stereocenters. The number of hydrogen-bond acceptors (Lipinski definition) is 2. The van der Waals surface area contributed by atoms with Crippen LogP contribution in [0.4, 0.5) is 0 Å². The van der Waals surface area contributed by atoms with Crippen molar-refractivity contribution >= 4 is 131 Å². The molecule has 0 radical (unpaired) electrons. The van der Waals surface area contributed by atoms with E-state index < -0.39 is 0 Å². The van der Waals surface area contributed by atoms with Crippen LogP contribution in [0.5, 0.6) is 0 Å². The highest BCUT2D eigenvalue weighted by Crippen LogP contribution is 2.46. The number of rotatable bonds is 7. The first-order valence-corrected chi connectivity index (χ1v) is 31.8. The molecule has 0 atom stereocenters. The third-order valence-electron chi connectivity index (χ3n) is 19.9. The van der Waals surface area contributed by atoms with Gasteiger partial charge in [-0.3, -0.25) is 0 Å². The lowest BCUT2D eigenvalue weighted by Crippen LogP contribution is -2.07. The molecule has 0 spiro atoms. The average molecular weight is 1200 g/mol. The highest BCUT2D eigenvalue weighted by atomic mass is 15.1. The molecular formula is C86H50N8. The zero-order valence-electron chi connectivity index (χ0n) is 50.4. The topological polar surface area (TPSA) is 77.2 Å². The summed E-state index contributed by atoms with van der Waals surface area (Å²) in [7, 11) is 0. The number of aromatic nitrogens is 6. The molecule has 0 N–H and O–H groups in total. The van der Waals surface area contributed by atoms with Gasteiger partial charge in [0, 0.05) is 92.9 Å². The maximum absolute atomic E-state index is 12.5. The van der Waals surface area contributed by atoms with E-state index in [1.54, 1.807) is 0 Å². The Morgan fingerprint density at radius 2 is 0.500 bits per heavy atom. The Morgan fingerprint density at radius 3 is 0.798 bits per heavy atom. The summed E-state index contributed by atoms with van der Waals surface area (Å²) >= 11 is 0. The fraction of sp³-hybridized carbons (Fsp3) is 0. The second-order valence-corrected chi connectivity index (χ2v) is 24.6. The lowest BCUT2D eigenvalue weighted by Gasteiger charge is -2.20. The maximum atomic E-state index is 12.5. The predicted molar refractivity (Wildman–Crippen MR) is 387 cm³/mol. The van der Waals surface area contributed by atoms with Crippen molar-refractivity contribution in [2.75, 3.05) is 0 Å². The third kappa shape index (κ3) is 7.19. The fourth-order valence-corrected chi connectivity index (χ4v) is 16.0. The summed E-state index contributed by atoms with van der Waals surface area (Å²) in [6.45, 7) is 0. The van der Waals surface area contributed by atoms with Crippen molar-refractivity contribution in [2.45, 2.75) is 0 Å². The summed E-state index contributed by atoms with van der Waals surface area (Å²) in [5.74, 6) is 0. The van der Waals surface area contributed by atoms with Gasteiger partial charge >= 0.3 is 0 Å². The second kappa shape index (κ2) is 19.7. The molecule has 0 fully saturated rings. The Labute approximate surface area is 537 Å². The van der Waals surface area contributed by atoms with Crippen LogP contribution in [0.3, 0.4) is 0 Å². The van der Waals surface area contributed by atoms with Crippen molar-refractivity contribution in [3.63, 3.8) is 0 Å². The summed E-state index contributed by atoms with van der Waals surface area (Å²) in [6, 6.07) is 114. The number of nitrogens with zero attached hydrogens (tertiary/aromatic N) is 8. The van der Waals surface area contributed by atoms with E-state index in [0.29, 0.717) is 16.8 Å². The molecule has 0 saturated heterocycles. The smallest absolute Gasteiger partial charge is 0.104 e. The zero-order chi connectivity index (χ0) is 61.9. The van der Waals surface area contributed by atoms with Crippen LogP contribution in [-0.4, -0.2) is 27.4 Å². The number of fused-ring (bicyclic) bond motifs is 18. The van der Waals surface area contributed by atoms with Crippen LogP contribution in [0.25, 0.3) is 176 Å². The number of hydrogen-bond donors (Lipinski definition) is 0. The summed E-state index contributed by atoms with van der Waals surface area (Å²) in [6.07, 6.45) is 0. The number of nitriles is 2. The molecule has 6 aromatic heterocycles. The van der Waals surface area contributed by atoms with E-state index in [9.17, 15) is 10.5 Å². The molecule has 0 aliphatic carbocycles. The lowest BCUT2D eigenvalue weighted by atomic mass is 9.97. The molecule has 8 heteroatoms. The second-order valence-electron chi connectivity index (χ2n) is 24.6. The van der Waals surface area contributed by atoms with E-state index in [0.717, 1.165) is 127 Å². The predicted octanol–water partition coefficient (Wildman–Crippen LogP) is 21.7. The summed E-state index contributed by atoms with van der Waals surface area (Å²) in [5, 5.41) is 36.7. The maximum Gasteiger partial charge on any atom is 0.104 e. The first-order valence-electron chi connectivity index (χ1n) is 31.8. The van der Waals surface area contributed by atoms with Crippen molar-refractivity contribution in [1.29, 1.82) is 10.5 Å². The average Bonchev–Trinajstić information content (AvgIpc) is 1.54. The minimum absolute atomic E-state index is 0.480. The molecule has 0 bridgehead atoms. The summed E-state index contributed by atoms with van der Waals surface area (Å²) in [4.78, 5) is 0. The summed E-state index contributed by atoms with van der Waals surface area (Å²) < 4.78 is 14.2. The molecule has 434 valence electrons. The molecule has 20 aromatic rings. The van der Waals surface area contributed by atoms with Gasteiger partial charge in [0.05, 0.1) is 89.2 Å². The normalized spacial score (nSPS) is 12.0. The van der Waals surface area contributed by atoms with Gasteiger partial charge in [0.2, 0.25) is 0 Å². The quantitative estimate of drug-likeness (QED) is 0.159. The van der Waals surface area contributed by atoms with Crippen LogP contribution in [0.1, 0.15) is 11.1 Å². The molecule has 20 rings (SSSR count). The van der Waals surface area contributed by atoms with Gasteiger partial charge in [-0.2, -0.15) is 10.5 Å². The first kappa shape index (κ1) is 51.7. The Balaban J connectivity index is 0.897. The molecule has 0 amide bonds. The van der Waals surface area contributed by atoms with Crippen molar-refractivity contribution in [2.24, 2.45) is 0 Å². The van der Waals surface area contributed by atoms with E-state index in [-0.39, 0.29) is 0 Å². The van der Waals surface area contributed by atoms with Crippen LogP contribution in [0, 0.1) is 22.7 Å². The van der Waals surface area contributed by atoms with E-state index in [1.165, 1.54) is 43.1 Å². The van der Waals surface area contributed by atoms with E-state index in [2.05, 4.69) is 325 Å². The van der Waals surface area contributed by atoms with Crippen LogP contribution < -0.4 is 0 Å². The van der Waals surface area contributed by atoms with Crippen molar-refractivity contribution in [3.8, 4) is 57.4 Å². The molecule has 94 heavy (non-hydrogen) atoms. The number of benzene rings is 14. The SMILES string of the molecule is N#Cc1cccc(-c2ccc(-n3c4ccc(-n5c6ccccc6c6ccccc65)cc4c4cc(-n5c6ccccc6c6ccccc65)ccc43)c(C#N)c2-n2c3ccc(-n4c5ccccc5c5ccccc54)cc3c3cc(-n4c5ccccc5c5ccccc54)ccc32)c1. The van der Waals surface area contributed by atoms with E-state index in [4.69, 9.17) is 0 Å². The first-order chi connectivity index (χ1) is 46.6. The highest BCUT2D eigenvalue weighted by Gasteiger charge is 2.27. The molecular weight excluding hydrogens is 1150 g/mol. The highest BCUT2D eigenvalue weighted by molar-refractivity contribution is 6.17. The molecule has 0 saturated carbocycles. The lowest BCUT2D eigenvalue weighted by molar-refractivity contribution is 1.11.